The lowest BCUT2D eigenvalue weighted by molar-refractivity contribution is -0.322. The third-order valence-electron chi connectivity index (χ3n) is 3.16. The average Bonchev–Trinajstić information content (AvgIpc) is 2.41. The fraction of sp³-hybridized carbons (Fsp3) is 0.500. The fourth-order valence-electron chi connectivity index (χ4n) is 2.05. The first-order chi connectivity index (χ1) is 8.91. The number of ether oxygens (including phenoxy) is 1. The van der Waals surface area contributed by atoms with E-state index in [1.54, 1.807) is 12.1 Å². The van der Waals surface area contributed by atoms with Crippen LogP contribution in [0.2, 0.25) is 0 Å². The highest BCUT2D eigenvalue weighted by Gasteiger charge is 2.52. The maximum atomic E-state index is 10.5. The lowest BCUT2D eigenvalue weighted by Gasteiger charge is -2.46. The van der Waals surface area contributed by atoms with Crippen molar-refractivity contribution in [3.63, 3.8) is 0 Å². The molecule has 6 heteroatoms. The van der Waals surface area contributed by atoms with Gasteiger partial charge in [0.25, 0.3) is 0 Å². The summed E-state index contributed by atoms with van der Waals surface area (Å²) in [7, 11) is 0. The number of benzene rings is 1. The van der Waals surface area contributed by atoms with Crippen LogP contribution >= 0.6 is 0 Å². The highest BCUT2D eigenvalue weighted by atomic mass is 16.6. The highest BCUT2D eigenvalue weighted by Crippen LogP contribution is 2.34. The molecule has 6 nitrogen and oxygen atoms in total. The van der Waals surface area contributed by atoms with Crippen LogP contribution < -0.4 is 5.73 Å². The summed E-state index contributed by atoms with van der Waals surface area (Å²) in [5.74, 6) is -2.13. The van der Waals surface area contributed by atoms with Crippen LogP contribution in [0.25, 0.3) is 0 Å². The second-order valence-corrected chi connectivity index (χ2v) is 4.32. The Morgan fingerprint density at radius 2 is 2.06 bits per heavy atom. The molecule has 0 radical (unpaired) electrons. The largest absolute Gasteiger partial charge is 0.394 e. The molecule has 18 heavy (non-hydrogen) atoms. The Morgan fingerprint density at radius 1 is 1.33 bits per heavy atom. The maximum Gasteiger partial charge on any atom is 0.211 e. The molecular weight excluding hydrogens is 238 g/mol. The molecule has 100 valence electrons. The Morgan fingerprint density at radius 3 is 2.67 bits per heavy atom. The van der Waals surface area contributed by atoms with Gasteiger partial charge in [-0.15, -0.1) is 0 Å². The lowest BCUT2D eigenvalue weighted by Crippen LogP contribution is -2.66. The molecule has 0 spiro atoms. The van der Waals surface area contributed by atoms with Crippen molar-refractivity contribution >= 4 is 0 Å². The Labute approximate surface area is 106 Å². The zero-order valence-corrected chi connectivity index (χ0v) is 9.60. The maximum absolute atomic E-state index is 10.5. The molecule has 1 saturated heterocycles. The number of aliphatic hydroxyl groups is 4. The quantitative estimate of drug-likeness (QED) is 0.429. The van der Waals surface area contributed by atoms with Crippen molar-refractivity contribution in [2.24, 2.45) is 5.73 Å². The minimum Gasteiger partial charge on any atom is -0.394 e. The van der Waals surface area contributed by atoms with Gasteiger partial charge in [0.2, 0.25) is 5.79 Å². The monoisotopic (exact) mass is 256 g/mol. The molecule has 1 aromatic carbocycles. The van der Waals surface area contributed by atoms with E-state index in [-0.39, 0.29) is 11.6 Å². The van der Waals surface area contributed by atoms with Gasteiger partial charge in [-0.3, -0.25) is 0 Å². The summed E-state index contributed by atoms with van der Waals surface area (Å²) in [5, 5.41) is 39.2. The topological polar surface area (TPSA) is 116 Å². The van der Waals surface area contributed by atoms with Crippen LogP contribution in [0.4, 0.5) is 0 Å². The van der Waals surface area contributed by atoms with E-state index in [1.165, 1.54) is 12.1 Å². The SMILES string of the molecule is [2H]c1ccccc1C1(O)O[C@H](CO)[C@@H](O)[C@H](O)[C@H]1N. The standard InChI is InChI=1S/C12H17NO5/c13-11-10(16)9(15)8(6-14)18-12(11,17)7-4-2-1-3-5-7/h1-5,8-11,14-17H,6,13H2/t8-,9-,10+,11-,12?/m1/s1/i4D. The van der Waals surface area contributed by atoms with E-state index in [4.69, 9.17) is 16.9 Å². The van der Waals surface area contributed by atoms with Crippen LogP contribution in [-0.4, -0.2) is 51.4 Å². The molecule has 1 aliphatic rings. The Hall–Kier alpha value is -1.02. The first-order valence-corrected chi connectivity index (χ1v) is 5.60. The number of hydrogen-bond acceptors (Lipinski definition) is 6. The molecule has 1 aromatic rings. The molecular formula is C12H17NO5. The first kappa shape index (κ1) is 12.0. The number of aliphatic hydroxyl groups excluding tert-OH is 3. The molecule has 1 aliphatic heterocycles. The summed E-state index contributed by atoms with van der Waals surface area (Å²) in [6.45, 7) is -0.590. The molecule has 1 unspecified atom stereocenters. The van der Waals surface area contributed by atoms with Gasteiger partial charge in [-0.1, -0.05) is 30.3 Å². The smallest absolute Gasteiger partial charge is 0.211 e. The normalized spacial score (nSPS) is 41.5. The van der Waals surface area contributed by atoms with Gasteiger partial charge in [0.15, 0.2) is 0 Å². The third-order valence-corrected chi connectivity index (χ3v) is 3.16. The minimum absolute atomic E-state index is 0.0132. The van der Waals surface area contributed by atoms with Gasteiger partial charge in [0.05, 0.1) is 14.0 Å². The molecule has 6 N–H and O–H groups in total. The van der Waals surface area contributed by atoms with Crippen LogP contribution in [0, 0.1) is 0 Å². The average molecular weight is 256 g/mol. The van der Waals surface area contributed by atoms with E-state index >= 15 is 0 Å². The van der Waals surface area contributed by atoms with Crippen molar-refractivity contribution in [3.8, 4) is 0 Å². The zero-order valence-electron chi connectivity index (χ0n) is 10.6. The molecule has 5 atom stereocenters. The van der Waals surface area contributed by atoms with E-state index in [0.717, 1.165) is 0 Å². The molecule has 0 saturated carbocycles. The van der Waals surface area contributed by atoms with Crippen LogP contribution in [-0.2, 0) is 10.5 Å². The van der Waals surface area contributed by atoms with Gasteiger partial charge in [-0.25, -0.2) is 0 Å². The van der Waals surface area contributed by atoms with Gasteiger partial charge in [-0.05, 0) is 0 Å². The number of hydrogen-bond donors (Lipinski definition) is 5. The van der Waals surface area contributed by atoms with Crippen molar-refractivity contribution in [2.45, 2.75) is 30.1 Å². The van der Waals surface area contributed by atoms with Crippen molar-refractivity contribution < 1.29 is 26.5 Å². The summed E-state index contributed by atoms with van der Waals surface area (Å²) in [6, 6.07) is 4.73. The van der Waals surface area contributed by atoms with E-state index in [0.29, 0.717) is 0 Å². The molecule has 0 bridgehead atoms. The summed E-state index contributed by atoms with van der Waals surface area (Å²) in [4.78, 5) is 0. The Balaban J connectivity index is 2.44. The van der Waals surface area contributed by atoms with Crippen LogP contribution in [0.15, 0.2) is 30.3 Å². The number of rotatable bonds is 2. The van der Waals surface area contributed by atoms with E-state index in [2.05, 4.69) is 0 Å². The van der Waals surface area contributed by atoms with Crippen molar-refractivity contribution in [2.75, 3.05) is 6.61 Å². The fourth-order valence-corrected chi connectivity index (χ4v) is 2.05. The van der Waals surface area contributed by atoms with Gasteiger partial charge in [0.1, 0.15) is 18.3 Å². The van der Waals surface area contributed by atoms with E-state index < -0.39 is 36.7 Å². The van der Waals surface area contributed by atoms with E-state index in [1.807, 2.05) is 0 Å². The minimum atomic E-state index is -2.13. The molecule has 0 aliphatic carbocycles. The van der Waals surface area contributed by atoms with Crippen LogP contribution in [0.3, 0.4) is 0 Å². The molecule has 1 fully saturated rings. The summed E-state index contributed by atoms with van der Waals surface area (Å²) in [6.07, 6.45) is -4.06. The lowest BCUT2D eigenvalue weighted by atomic mass is 9.87. The third kappa shape index (κ3) is 2.03. The number of nitrogens with two attached hydrogens (primary N) is 1. The van der Waals surface area contributed by atoms with Gasteiger partial charge >= 0.3 is 0 Å². The zero-order chi connectivity index (χ0) is 14.2. The van der Waals surface area contributed by atoms with Crippen molar-refractivity contribution in [3.05, 3.63) is 35.9 Å². The predicted octanol–water partition coefficient (Wildman–Crippen LogP) is -1.73. The van der Waals surface area contributed by atoms with Gasteiger partial charge < -0.3 is 30.9 Å². The predicted molar refractivity (Wildman–Crippen MR) is 62.3 cm³/mol. The first-order valence-electron chi connectivity index (χ1n) is 6.10. The molecule has 0 amide bonds. The van der Waals surface area contributed by atoms with Gasteiger partial charge in [-0.2, -0.15) is 0 Å². The van der Waals surface area contributed by atoms with Crippen molar-refractivity contribution in [1.29, 1.82) is 0 Å². The highest BCUT2D eigenvalue weighted by molar-refractivity contribution is 5.24. The molecule has 1 heterocycles. The van der Waals surface area contributed by atoms with E-state index in [9.17, 15) is 15.3 Å². The Kier molecular flexibility index (Phi) is 3.29. The van der Waals surface area contributed by atoms with Gasteiger partial charge in [0, 0.05) is 5.56 Å². The summed E-state index contributed by atoms with van der Waals surface area (Å²) >= 11 is 0. The Bertz CT molecular complexity index is 458. The second-order valence-electron chi connectivity index (χ2n) is 4.32. The van der Waals surface area contributed by atoms with Crippen LogP contribution in [0.1, 0.15) is 6.93 Å². The molecule has 2 rings (SSSR count). The summed E-state index contributed by atoms with van der Waals surface area (Å²) < 4.78 is 13.0. The van der Waals surface area contributed by atoms with Crippen LogP contribution in [0.5, 0.6) is 0 Å². The van der Waals surface area contributed by atoms with Crippen molar-refractivity contribution in [1.82, 2.24) is 0 Å². The second kappa shape index (κ2) is 4.93. The molecule has 0 aromatic heterocycles. The summed E-state index contributed by atoms with van der Waals surface area (Å²) in [5.41, 5.74) is 5.79.